The normalized spacial score (nSPS) is 11.7. The number of aromatic nitrogens is 2. The molecule has 0 aliphatic rings. The van der Waals surface area contributed by atoms with E-state index in [1.165, 1.54) is 17.3 Å². The first-order chi connectivity index (χ1) is 14.0. The summed E-state index contributed by atoms with van der Waals surface area (Å²) in [5.74, 6) is -0.0355. The zero-order valence-electron chi connectivity index (χ0n) is 16.9. The van der Waals surface area contributed by atoms with Crippen molar-refractivity contribution in [2.75, 3.05) is 11.4 Å². The number of amides is 1. The van der Waals surface area contributed by atoms with Crippen LogP contribution in [-0.4, -0.2) is 27.3 Å². The van der Waals surface area contributed by atoms with E-state index in [0.717, 1.165) is 22.1 Å². The molecule has 1 atom stereocenters. The number of nitrogens with zero attached hydrogens (tertiary/aromatic N) is 4. The smallest absolute Gasteiger partial charge is 0.240 e. The summed E-state index contributed by atoms with van der Waals surface area (Å²) in [6, 6.07) is 17.9. The molecule has 1 amide bonds. The van der Waals surface area contributed by atoms with E-state index >= 15 is 0 Å². The Kier molecular flexibility index (Phi) is 6.73. The summed E-state index contributed by atoms with van der Waals surface area (Å²) in [7, 11) is 0. The number of carbonyl (C=O) groups is 1. The van der Waals surface area contributed by atoms with Gasteiger partial charge in [0.25, 0.3) is 0 Å². The molecule has 5 nitrogen and oxygen atoms in total. The molecule has 3 rings (SSSR count). The number of anilines is 1. The summed E-state index contributed by atoms with van der Waals surface area (Å²) in [6.45, 7) is 6.40. The quantitative estimate of drug-likeness (QED) is 0.525. The van der Waals surface area contributed by atoms with Crippen LogP contribution >= 0.6 is 11.8 Å². The maximum Gasteiger partial charge on any atom is 0.240 e. The summed E-state index contributed by atoms with van der Waals surface area (Å²) in [5.41, 5.74) is 4.22. The van der Waals surface area contributed by atoms with Gasteiger partial charge < -0.3 is 4.90 Å². The van der Waals surface area contributed by atoms with Crippen molar-refractivity contribution in [3.8, 4) is 11.8 Å². The fraction of sp³-hybridized carbons (Fsp3) is 0.261. The molecule has 0 N–H and O–H groups in total. The van der Waals surface area contributed by atoms with Crippen LogP contribution in [0.5, 0.6) is 0 Å². The molecular weight excluding hydrogens is 380 g/mol. The second kappa shape index (κ2) is 9.44. The van der Waals surface area contributed by atoms with Gasteiger partial charge in [0.15, 0.2) is 5.16 Å². The molecule has 3 aromatic rings. The lowest BCUT2D eigenvalue weighted by Crippen LogP contribution is -2.37. The van der Waals surface area contributed by atoms with Crippen molar-refractivity contribution in [3.05, 3.63) is 72.1 Å². The molecule has 0 aliphatic heterocycles. The van der Waals surface area contributed by atoms with Gasteiger partial charge in [-0.15, -0.1) is 0 Å². The first-order valence-corrected chi connectivity index (χ1v) is 10.4. The molecule has 1 aromatic heterocycles. The minimum absolute atomic E-state index is 0.0355. The van der Waals surface area contributed by atoms with Crippen LogP contribution in [-0.2, 0) is 4.79 Å². The Bertz CT molecular complexity index is 1020. The van der Waals surface area contributed by atoms with Crippen molar-refractivity contribution in [3.63, 3.8) is 0 Å². The maximum atomic E-state index is 13.2. The molecule has 0 saturated carbocycles. The Morgan fingerprint density at radius 2 is 2.00 bits per heavy atom. The highest BCUT2D eigenvalue weighted by Gasteiger charge is 2.24. The van der Waals surface area contributed by atoms with Crippen LogP contribution in [0.1, 0.15) is 24.5 Å². The molecule has 148 valence electrons. The van der Waals surface area contributed by atoms with Crippen molar-refractivity contribution < 1.29 is 4.79 Å². The highest BCUT2D eigenvalue weighted by Crippen LogP contribution is 2.28. The van der Waals surface area contributed by atoms with E-state index in [1.54, 1.807) is 11.1 Å². The third kappa shape index (κ3) is 4.87. The Balaban J connectivity index is 1.82. The largest absolute Gasteiger partial charge is 0.310 e. The fourth-order valence-corrected chi connectivity index (χ4v) is 4.14. The van der Waals surface area contributed by atoms with Gasteiger partial charge in [-0.2, -0.15) is 5.26 Å². The van der Waals surface area contributed by atoms with Crippen LogP contribution in [0.4, 0.5) is 5.69 Å². The minimum atomic E-state index is -0.346. The number of thioether (sulfide) groups is 1. The summed E-state index contributed by atoms with van der Waals surface area (Å²) < 4.78 is 2.02. The topological polar surface area (TPSA) is 61.9 Å². The zero-order valence-corrected chi connectivity index (χ0v) is 17.7. The molecule has 0 aliphatic carbocycles. The van der Waals surface area contributed by atoms with Gasteiger partial charge in [0, 0.05) is 24.6 Å². The van der Waals surface area contributed by atoms with E-state index in [-0.39, 0.29) is 17.6 Å². The highest BCUT2D eigenvalue weighted by molar-refractivity contribution is 8.00. The highest BCUT2D eigenvalue weighted by atomic mass is 32.2. The molecule has 29 heavy (non-hydrogen) atoms. The average Bonchev–Trinajstić information content (AvgIpc) is 3.16. The van der Waals surface area contributed by atoms with E-state index < -0.39 is 0 Å². The molecule has 0 spiro atoms. The van der Waals surface area contributed by atoms with Crippen LogP contribution in [0.2, 0.25) is 0 Å². The van der Waals surface area contributed by atoms with Gasteiger partial charge in [0.2, 0.25) is 5.91 Å². The number of rotatable bonds is 7. The lowest BCUT2D eigenvalue weighted by Gasteiger charge is -2.25. The third-order valence-electron chi connectivity index (χ3n) is 4.63. The van der Waals surface area contributed by atoms with Gasteiger partial charge in [0.05, 0.1) is 23.4 Å². The Morgan fingerprint density at radius 3 is 2.69 bits per heavy atom. The van der Waals surface area contributed by atoms with Gasteiger partial charge >= 0.3 is 0 Å². The summed E-state index contributed by atoms with van der Waals surface area (Å²) >= 11 is 1.43. The van der Waals surface area contributed by atoms with Crippen molar-refractivity contribution in [1.29, 1.82) is 5.26 Å². The van der Waals surface area contributed by atoms with Crippen molar-refractivity contribution in [2.24, 2.45) is 0 Å². The zero-order chi connectivity index (χ0) is 20.8. The number of aryl methyl sites for hydroxylation is 2. The van der Waals surface area contributed by atoms with E-state index in [9.17, 15) is 4.79 Å². The summed E-state index contributed by atoms with van der Waals surface area (Å²) in [6.07, 6.45) is 3.96. The predicted octanol–water partition coefficient (Wildman–Crippen LogP) is 4.92. The van der Waals surface area contributed by atoms with Gasteiger partial charge in [0.1, 0.15) is 0 Å². The maximum absolute atomic E-state index is 13.2. The van der Waals surface area contributed by atoms with E-state index in [0.29, 0.717) is 6.54 Å². The number of carbonyl (C=O) groups excluding carboxylic acids is 1. The lowest BCUT2D eigenvalue weighted by molar-refractivity contribution is -0.117. The molecule has 0 bridgehead atoms. The molecule has 6 heteroatoms. The Labute approximate surface area is 176 Å². The summed E-state index contributed by atoms with van der Waals surface area (Å²) in [5, 5.41) is 9.41. The predicted molar refractivity (Wildman–Crippen MR) is 117 cm³/mol. The number of benzene rings is 2. The number of imidazole rings is 1. The van der Waals surface area contributed by atoms with Crippen molar-refractivity contribution >= 4 is 23.4 Å². The molecule has 0 saturated heterocycles. The van der Waals surface area contributed by atoms with Gasteiger partial charge in [-0.1, -0.05) is 47.7 Å². The number of para-hydroxylation sites is 1. The van der Waals surface area contributed by atoms with Gasteiger partial charge in [-0.05, 0) is 44.5 Å². The first-order valence-electron chi connectivity index (χ1n) is 9.52. The molecular formula is C23H24N4OS. The first kappa shape index (κ1) is 20.7. The monoisotopic (exact) mass is 404 g/mol. The Morgan fingerprint density at radius 1 is 1.24 bits per heavy atom. The van der Waals surface area contributed by atoms with Crippen LogP contribution in [0, 0.1) is 25.2 Å². The van der Waals surface area contributed by atoms with Crippen LogP contribution in [0.15, 0.2) is 66.1 Å². The molecule has 2 aromatic carbocycles. The second-order valence-electron chi connectivity index (χ2n) is 6.86. The van der Waals surface area contributed by atoms with E-state index in [1.807, 2.05) is 48.0 Å². The van der Waals surface area contributed by atoms with E-state index in [2.05, 4.69) is 43.1 Å². The minimum Gasteiger partial charge on any atom is -0.310 e. The third-order valence-corrected chi connectivity index (χ3v) is 5.70. The molecule has 1 heterocycles. The summed E-state index contributed by atoms with van der Waals surface area (Å²) in [4.78, 5) is 19.4. The van der Waals surface area contributed by atoms with Gasteiger partial charge in [-0.3, -0.25) is 9.36 Å². The Hall–Kier alpha value is -3.04. The lowest BCUT2D eigenvalue weighted by atomic mass is 10.1. The average molecular weight is 405 g/mol. The van der Waals surface area contributed by atoms with Gasteiger partial charge in [-0.25, -0.2) is 4.98 Å². The van der Waals surface area contributed by atoms with E-state index in [4.69, 9.17) is 5.26 Å². The number of hydrogen-bond donors (Lipinski definition) is 0. The van der Waals surface area contributed by atoms with Crippen LogP contribution < -0.4 is 4.90 Å². The molecule has 0 radical (unpaired) electrons. The van der Waals surface area contributed by atoms with Crippen molar-refractivity contribution in [1.82, 2.24) is 9.55 Å². The molecule has 0 fully saturated rings. The number of hydrogen-bond acceptors (Lipinski definition) is 4. The number of nitriles is 1. The van der Waals surface area contributed by atoms with Crippen molar-refractivity contribution in [2.45, 2.75) is 37.6 Å². The standard InChI is InChI=1S/C23H24N4OS/c1-17-10-11-21(18(2)16-17)27-15-13-25-23(27)29-19(3)22(28)26(14-7-12-24)20-8-5-4-6-9-20/h4-6,8-11,13,15-16,19H,7,14H2,1-3H3. The second-order valence-corrected chi connectivity index (χ2v) is 8.17. The van der Waals surface area contributed by atoms with Crippen LogP contribution in [0.25, 0.3) is 5.69 Å². The van der Waals surface area contributed by atoms with Crippen LogP contribution in [0.3, 0.4) is 0 Å². The fourth-order valence-electron chi connectivity index (χ4n) is 3.20. The molecule has 1 unspecified atom stereocenters. The SMILES string of the molecule is Cc1ccc(-n2ccnc2SC(C)C(=O)N(CCC#N)c2ccccc2)c(C)c1.